The van der Waals surface area contributed by atoms with Crippen molar-refractivity contribution in [3.63, 3.8) is 0 Å². The number of benzene rings is 2. The maximum atomic E-state index is 11.8. The summed E-state index contributed by atoms with van der Waals surface area (Å²) in [5.41, 5.74) is 1.74. The number of ether oxygens (including phenoxy) is 1. The molecule has 0 aliphatic heterocycles. The minimum Gasteiger partial charge on any atom is -0.506 e. The number of rotatable bonds is 5. The molecule has 2 rings (SSSR count). The number of nitrogens with one attached hydrogen (secondary N) is 1. The van der Waals surface area contributed by atoms with Gasteiger partial charge in [0.25, 0.3) is 0 Å². The number of esters is 1. The number of aryl methyl sites for hydroxylation is 1. The van der Waals surface area contributed by atoms with Gasteiger partial charge in [0, 0.05) is 0 Å². The van der Waals surface area contributed by atoms with Gasteiger partial charge in [-0.05, 0) is 49.7 Å². The Morgan fingerprint density at radius 1 is 1.13 bits per heavy atom. The van der Waals surface area contributed by atoms with Gasteiger partial charge in [0.15, 0.2) is 0 Å². The summed E-state index contributed by atoms with van der Waals surface area (Å²) in [6.07, 6.45) is 0. The van der Waals surface area contributed by atoms with Gasteiger partial charge in [-0.2, -0.15) is 0 Å². The number of carbonyl (C=O) groups excluding carboxylic acids is 1. The summed E-state index contributed by atoms with van der Waals surface area (Å²) in [5, 5.41) is 22.0. The van der Waals surface area contributed by atoms with Gasteiger partial charge in [-0.3, -0.25) is 0 Å². The van der Waals surface area contributed by atoms with E-state index in [9.17, 15) is 19.8 Å². The summed E-state index contributed by atoms with van der Waals surface area (Å²) in [6, 6.07) is 9.02. The largest absolute Gasteiger partial charge is 0.506 e. The molecule has 0 atom stereocenters. The van der Waals surface area contributed by atoms with Crippen molar-refractivity contribution in [1.82, 2.24) is 0 Å². The second-order valence-corrected chi connectivity index (χ2v) is 4.93. The lowest BCUT2D eigenvalue weighted by atomic mass is 10.1. The fraction of sp³-hybridized carbons (Fsp3) is 0.176. The number of anilines is 2. The molecular weight excluding hydrogens is 298 g/mol. The quantitative estimate of drug-likeness (QED) is 0.578. The van der Waals surface area contributed by atoms with E-state index in [1.807, 2.05) is 6.92 Å². The zero-order valence-corrected chi connectivity index (χ0v) is 12.8. The predicted octanol–water partition coefficient (Wildman–Crippen LogP) is 3.32. The number of aromatic hydroxyl groups is 1. The van der Waals surface area contributed by atoms with Crippen LogP contribution in [0.1, 0.15) is 33.2 Å². The Bertz CT molecular complexity index is 755. The number of hydrogen-bond donors (Lipinski definition) is 3. The Morgan fingerprint density at radius 3 is 2.52 bits per heavy atom. The van der Waals surface area contributed by atoms with Crippen molar-refractivity contribution in [2.75, 3.05) is 11.9 Å². The Labute approximate surface area is 133 Å². The molecule has 0 aromatic heterocycles. The van der Waals surface area contributed by atoms with Gasteiger partial charge < -0.3 is 20.3 Å². The van der Waals surface area contributed by atoms with E-state index in [4.69, 9.17) is 4.74 Å². The molecule has 6 nitrogen and oxygen atoms in total. The molecule has 0 amide bonds. The van der Waals surface area contributed by atoms with Crippen LogP contribution in [0.2, 0.25) is 0 Å². The number of carbonyl (C=O) groups is 2. The van der Waals surface area contributed by atoms with Crippen molar-refractivity contribution in [2.24, 2.45) is 0 Å². The zero-order chi connectivity index (χ0) is 17.0. The number of aromatic carboxylic acids is 1. The van der Waals surface area contributed by atoms with E-state index in [1.54, 1.807) is 19.1 Å². The third-order valence-corrected chi connectivity index (χ3v) is 3.18. The topological polar surface area (TPSA) is 95.9 Å². The zero-order valence-electron chi connectivity index (χ0n) is 12.8. The first-order valence-electron chi connectivity index (χ1n) is 7.03. The van der Waals surface area contributed by atoms with Crippen molar-refractivity contribution in [3.05, 3.63) is 53.1 Å². The van der Waals surface area contributed by atoms with Crippen molar-refractivity contribution in [1.29, 1.82) is 0 Å². The lowest BCUT2D eigenvalue weighted by Crippen LogP contribution is -2.06. The Hall–Kier alpha value is -3.02. The van der Waals surface area contributed by atoms with Crippen molar-refractivity contribution in [2.45, 2.75) is 13.8 Å². The lowest BCUT2D eigenvalue weighted by molar-refractivity contribution is 0.0526. The highest BCUT2D eigenvalue weighted by Crippen LogP contribution is 2.30. The average Bonchev–Trinajstić information content (AvgIpc) is 2.49. The van der Waals surface area contributed by atoms with Crippen molar-refractivity contribution >= 4 is 23.3 Å². The molecule has 0 unspecified atom stereocenters. The molecule has 120 valence electrons. The van der Waals surface area contributed by atoms with Crippen LogP contribution in [0.25, 0.3) is 0 Å². The SMILES string of the molecule is CCOC(=O)c1ccc(O)c(Nc2cc(C)ccc2C(=O)O)c1. The fourth-order valence-corrected chi connectivity index (χ4v) is 2.07. The first kappa shape index (κ1) is 16.4. The minimum absolute atomic E-state index is 0.0662. The monoisotopic (exact) mass is 315 g/mol. The van der Waals surface area contributed by atoms with Crippen LogP contribution in [0.3, 0.4) is 0 Å². The highest BCUT2D eigenvalue weighted by Gasteiger charge is 2.14. The molecule has 23 heavy (non-hydrogen) atoms. The first-order valence-corrected chi connectivity index (χ1v) is 7.03. The summed E-state index contributed by atoms with van der Waals surface area (Å²) in [7, 11) is 0. The van der Waals surface area contributed by atoms with E-state index in [2.05, 4.69) is 5.32 Å². The number of phenolic OH excluding ortho intramolecular Hbond substituents is 1. The number of phenols is 1. The number of hydrogen-bond acceptors (Lipinski definition) is 5. The summed E-state index contributed by atoms with van der Waals surface area (Å²) in [6.45, 7) is 3.76. The highest BCUT2D eigenvalue weighted by atomic mass is 16.5. The maximum Gasteiger partial charge on any atom is 0.338 e. The summed E-state index contributed by atoms with van der Waals surface area (Å²) in [4.78, 5) is 23.1. The van der Waals surface area contributed by atoms with E-state index >= 15 is 0 Å². The average molecular weight is 315 g/mol. The van der Waals surface area contributed by atoms with Gasteiger partial charge >= 0.3 is 11.9 Å². The van der Waals surface area contributed by atoms with Crippen LogP contribution in [0.15, 0.2) is 36.4 Å². The molecule has 0 spiro atoms. The fourth-order valence-electron chi connectivity index (χ4n) is 2.07. The smallest absolute Gasteiger partial charge is 0.338 e. The van der Waals surface area contributed by atoms with Crippen LogP contribution < -0.4 is 5.32 Å². The number of carboxylic acid groups (broad SMARTS) is 1. The van der Waals surface area contributed by atoms with Gasteiger partial charge in [0.2, 0.25) is 0 Å². The Morgan fingerprint density at radius 2 is 1.87 bits per heavy atom. The van der Waals surface area contributed by atoms with Crippen LogP contribution in [0.4, 0.5) is 11.4 Å². The molecule has 0 saturated carbocycles. The molecule has 0 fully saturated rings. The molecule has 2 aromatic rings. The molecule has 0 saturated heterocycles. The molecule has 3 N–H and O–H groups in total. The molecule has 0 bridgehead atoms. The first-order chi connectivity index (χ1) is 10.9. The molecule has 0 aliphatic carbocycles. The highest BCUT2D eigenvalue weighted by molar-refractivity contribution is 5.96. The van der Waals surface area contributed by atoms with E-state index in [0.717, 1.165) is 5.56 Å². The van der Waals surface area contributed by atoms with Gasteiger partial charge in [-0.1, -0.05) is 6.07 Å². The summed E-state index contributed by atoms with van der Waals surface area (Å²) < 4.78 is 4.91. The minimum atomic E-state index is -1.09. The third-order valence-electron chi connectivity index (χ3n) is 3.18. The van der Waals surface area contributed by atoms with Crippen LogP contribution in [-0.2, 0) is 4.74 Å². The van der Waals surface area contributed by atoms with Gasteiger partial charge in [0.05, 0.1) is 29.1 Å². The molecule has 0 radical (unpaired) electrons. The molecular formula is C17H17NO5. The number of carboxylic acids is 1. The van der Waals surface area contributed by atoms with Crippen LogP contribution in [0.5, 0.6) is 5.75 Å². The van der Waals surface area contributed by atoms with Crippen LogP contribution >= 0.6 is 0 Å². The summed E-state index contributed by atoms with van der Waals surface area (Å²) in [5.74, 6) is -1.71. The molecule has 0 heterocycles. The molecule has 6 heteroatoms. The normalized spacial score (nSPS) is 10.2. The molecule has 2 aromatic carbocycles. The van der Waals surface area contributed by atoms with E-state index in [-0.39, 0.29) is 29.2 Å². The second kappa shape index (κ2) is 6.83. The van der Waals surface area contributed by atoms with Crippen LogP contribution in [-0.4, -0.2) is 28.8 Å². The van der Waals surface area contributed by atoms with Crippen molar-refractivity contribution < 1.29 is 24.5 Å². The van der Waals surface area contributed by atoms with Crippen LogP contribution in [0, 0.1) is 6.92 Å². The van der Waals surface area contributed by atoms with Crippen molar-refractivity contribution in [3.8, 4) is 5.75 Å². The second-order valence-electron chi connectivity index (χ2n) is 4.93. The van der Waals surface area contributed by atoms with E-state index in [0.29, 0.717) is 5.69 Å². The summed E-state index contributed by atoms with van der Waals surface area (Å²) >= 11 is 0. The standard InChI is InChI=1S/C17H17NO5/c1-3-23-17(22)11-5-7-15(19)14(9-11)18-13-8-10(2)4-6-12(13)16(20)21/h4-9,18-19H,3H2,1-2H3,(H,20,21). The van der Waals surface area contributed by atoms with Gasteiger partial charge in [-0.15, -0.1) is 0 Å². The van der Waals surface area contributed by atoms with Gasteiger partial charge in [-0.25, -0.2) is 9.59 Å². The van der Waals surface area contributed by atoms with E-state index < -0.39 is 11.9 Å². The Balaban J connectivity index is 2.40. The van der Waals surface area contributed by atoms with E-state index in [1.165, 1.54) is 24.3 Å². The Kier molecular flexibility index (Phi) is 4.85. The lowest BCUT2D eigenvalue weighted by Gasteiger charge is -2.13. The third kappa shape index (κ3) is 3.79. The maximum absolute atomic E-state index is 11.8. The molecule has 0 aliphatic rings. The predicted molar refractivity (Wildman–Crippen MR) is 85.5 cm³/mol. The van der Waals surface area contributed by atoms with Gasteiger partial charge in [0.1, 0.15) is 5.75 Å².